The summed E-state index contributed by atoms with van der Waals surface area (Å²) in [4.78, 5) is 10.2. The minimum atomic E-state index is 0.414. The predicted octanol–water partition coefficient (Wildman–Crippen LogP) is 1.87. The van der Waals surface area contributed by atoms with E-state index < -0.39 is 0 Å². The number of aromatic nitrogens is 2. The average molecular weight is 229 g/mol. The van der Waals surface area contributed by atoms with Crippen molar-refractivity contribution in [2.45, 2.75) is 0 Å². The van der Waals surface area contributed by atoms with E-state index in [2.05, 4.69) is 15.3 Å². The monoisotopic (exact) mass is 229 g/mol. The lowest BCUT2D eigenvalue weighted by atomic mass is 10.2. The van der Waals surface area contributed by atoms with Gasteiger partial charge in [0.2, 0.25) is 0 Å². The van der Waals surface area contributed by atoms with Crippen molar-refractivity contribution in [1.82, 2.24) is 9.97 Å². The first-order valence-electron chi connectivity index (χ1n) is 5.27. The van der Waals surface area contributed by atoms with Gasteiger partial charge in [0.25, 0.3) is 0 Å². The van der Waals surface area contributed by atoms with Gasteiger partial charge in [-0.05, 0) is 18.2 Å². The number of nitrogens with zero attached hydrogens (tertiary/aromatic N) is 3. The van der Waals surface area contributed by atoms with Crippen LogP contribution in [0.3, 0.4) is 0 Å². The van der Waals surface area contributed by atoms with Gasteiger partial charge in [-0.25, -0.2) is 9.97 Å². The van der Waals surface area contributed by atoms with Crippen LogP contribution >= 0.6 is 0 Å². The zero-order valence-electron chi connectivity index (χ0n) is 9.88. The predicted molar refractivity (Wildman–Crippen MR) is 70.5 cm³/mol. The molecule has 1 aromatic heterocycles. The Morgan fingerprint density at radius 1 is 1.18 bits per heavy atom. The lowest BCUT2D eigenvalue weighted by molar-refractivity contribution is 1.13. The van der Waals surface area contributed by atoms with Crippen molar-refractivity contribution >= 4 is 23.0 Å². The number of anilines is 4. The van der Waals surface area contributed by atoms with Crippen LogP contribution in [0.25, 0.3) is 0 Å². The first-order chi connectivity index (χ1) is 8.15. The Morgan fingerprint density at radius 3 is 2.65 bits per heavy atom. The number of nitrogens with one attached hydrogen (secondary N) is 1. The van der Waals surface area contributed by atoms with E-state index in [0.717, 1.165) is 11.4 Å². The number of hydrogen-bond donors (Lipinski definition) is 2. The summed E-state index contributed by atoms with van der Waals surface area (Å²) >= 11 is 0. The Bertz CT molecular complexity index is 493. The maximum absolute atomic E-state index is 5.48. The first-order valence-corrected chi connectivity index (χ1v) is 5.27. The number of benzene rings is 1. The van der Waals surface area contributed by atoms with Crippen LogP contribution < -0.4 is 16.0 Å². The Balaban J connectivity index is 2.18. The smallest absolute Gasteiger partial charge is 0.149 e. The van der Waals surface area contributed by atoms with Crippen molar-refractivity contribution in [3.05, 3.63) is 36.7 Å². The Kier molecular flexibility index (Phi) is 3.09. The van der Waals surface area contributed by atoms with Crippen molar-refractivity contribution < 1.29 is 0 Å². The van der Waals surface area contributed by atoms with Crippen LogP contribution in [-0.2, 0) is 0 Å². The van der Waals surface area contributed by atoms with Gasteiger partial charge in [0, 0.05) is 25.5 Å². The van der Waals surface area contributed by atoms with Gasteiger partial charge in [-0.3, -0.25) is 0 Å². The van der Waals surface area contributed by atoms with Crippen LogP contribution in [0.1, 0.15) is 0 Å². The fourth-order valence-corrected chi connectivity index (χ4v) is 1.41. The number of nitrogens with two attached hydrogens (primary N) is 1. The fourth-order valence-electron chi connectivity index (χ4n) is 1.41. The van der Waals surface area contributed by atoms with E-state index in [1.54, 1.807) is 6.20 Å². The van der Waals surface area contributed by atoms with Crippen LogP contribution in [0.4, 0.5) is 23.0 Å². The van der Waals surface area contributed by atoms with Crippen molar-refractivity contribution in [3.8, 4) is 0 Å². The molecule has 3 N–H and O–H groups in total. The SMILES string of the molecule is CN(C)c1cccc(Nc2cnc(N)cn2)c1. The quantitative estimate of drug-likeness (QED) is 0.841. The Hall–Kier alpha value is -2.30. The van der Waals surface area contributed by atoms with E-state index in [1.807, 2.05) is 43.3 Å². The zero-order chi connectivity index (χ0) is 12.3. The van der Waals surface area contributed by atoms with Crippen LogP contribution in [0.15, 0.2) is 36.7 Å². The molecule has 2 aromatic rings. The van der Waals surface area contributed by atoms with Crippen LogP contribution in [0.2, 0.25) is 0 Å². The normalized spacial score (nSPS) is 10.0. The molecule has 0 saturated heterocycles. The molecule has 5 heteroatoms. The molecule has 5 nitrogen and oxygen atoms in total. The van der Waals surface area contributed by atoms with E-state index in [0.29, 0.717) is 11.6 Å². The minimum Gasteiger partial charge on any atom is -0.382 e. The second-order valence-corrected chi connectivity index (χ2v) is 3.90. The molecular formula is C12H15N5. The summed E-state index contributed by atoms with van der Waals surface area (Å²) in [5.74, 6) is 1.09. The third-order valence-electron chi connectivity index (χ3n) is 2.31. The van der Waals surface area contributed by atoms with Crippen LogP contribution in [-0.4, -0.2) is 24.1 Å². The number of hydrogen-bond acceptors (Lipinski definition) is 5. The molecule has 0 spiro atoms. The van der Waals surface area contributed by atoms with Crippen molar-refractivity contribution in [2.75, 3.05) is 30.0 Å². The van der Waals surface area contributed by atoms with Crippen LogP contribution in [0.5, 0.6) is 0 Å². The van der Waals surface area contributed by atoms with E-state index in [1.165, 1.54) is 6.20 Å². The maximum atomic E-state index is 5.48. The molecule has 0 aliphatic heterocycles. The van der Waals surface area contributed by atoms with Gasteiger partial charge in [-0.1, -0.05) is 6.07 Å². The summed E-state index contributed by atoms with van der Waals surface area (Å²) in [7, 11) is 4.00. The van der Waals surface area contributed by atoms with Crippen molar-refractivity contribution in [2.24, 2.45) is 0 Å². The highest BCUT2D eigenvalue weighted by Crippen LogP contribution is 2.20. The summed E-state index contributed by atoms with van der Waals surface area (Å²) in [5, 5.41) is 3.17. The molecule has 1 aromatic carbocycles. The molecule has 1 heterocycles. The molecule has 0 unspecified atom stereocenters. The molecule has 2 rings (SSSR count). The summed E-state index contributed by atoms with van der Waals surface area (Å²) in [6.07, 6.45) is 3.13. The number of rotatable bonds is 3. The maximum Gasteiger partial charge on any atom is 0.149 e. The third kappa shape index (κ3) is 2.84. The second kappa shape index (κ2) is 4.69. The van der Waals surface area contributed by atoms with E-state index >= 15 is 0 Å². The first kappa shape index (κ1) is 11.2. The molecule has 17 heavy (non-hydrogen) atoms. The van der Waals surface area contributed by atoms with Gasteiger partial charge in [0.05, 0.1) is 12.4 Å². The van der Waals surface area contributed by atoms with E-state index in [-0.39, 0.29) is 0 Å². The molecular weight excluding hydrogens is 214 g/mol. The number of nitrogen functional groups attached to an aromatic ring is 1. The van der Waals surface area contributed by atoms with Gasteiger partial charge in [0.1, 0.15) is 11.6 Å². The lowest BCUT2D eigenvalue weighted by Gasteiger charge is -2.14. The minimum absolute atomic E-state index is 0.414. The zero-order valence-corrected chi connectivity index (χ0v) is 9.88. The van der Waals surface area contributed by atoms with Crippen LogP contribution in [0, 0.1) is 0 Å². The Morgan fingerprint density at radius 2 is 2.00 bits per heavy atom. The molecule has 88 valence electrons. The standard InChI is InChI=1S/C12H15N5/c1-17(2)10-5-3-4-9(6-10)16-12-8-14-11(13)7-15-12/h3-8H,1-2H3,(H2,13,14)(H,15,16). The van der Waals surface area contributed by atoms with E-state index in [4.69, 9.17) is 5.73 Å². The lowest BCUT2D eigenvalue weighted by Crippen LogP contribution is -2.08. The van der Waals surface area contributed by atoms with Gasteiger partial charge < -0.3 is 16.0 Å². The third-order valence-corrected chi connectivity index (χ3v) is 2.31. The molecule has 0 fully saturated rings. The van der Waals surface area contributed by atoms with Gasteiger partial charge in [-0.15, -0.1) is 0 Å². The summed E-state index contributed by atoms with van der Waals surface area (Å²) < 4.78 is 0. The Labute approximate surface area is 100 Å². The topological polar surface area (TPSA) is 67.1 Å². The molecule has 0 atom stereocenters. The van der Waals surface area contributed by atoms with E-state index in [9.17, 15) is 0 Å². The summed E-state index contributed by atoms with van der Waals surface area (Å²) in [5.41, 5.74) is 7.57. The molecule has 0 radical (unpaired) electrons. The molecule has 0 saturated carbocycles. The van der Waals surface area contributed by atoms with Crippen molar-refractivity contribution in [3.63, 3.8) is 0 Å². The highest BCUT2D eigenvalue weighted by molar-refractivity contribution is 5.62. The van der Waals surface area contributed by atoms with Crippen molar-refractivity contribution in [1.29, 1.82) is 0 Å². The summed E-state index contributed by atoms with van der Waals surface area (Å²) in [6.45, 7) is 0. The van der Waals surface area contributed by atoms with Gasteiger partial charge >= 0.3 is 0 Å². The summed E-state index contributed by atoms with van der Waals surface area (Å²) in [6, 6.07) is 8.05. The molecule has 0 amide bonds. The second-order valence-electron chi connectivity index (χ2n) is 3.90. The fraction of sp³-hybridized carbons (Fsp3) is 0.167. The molecule has 0 bridgehead atoms. The highest BCUT2D eigenvalue weighted by Gasteiger charge is 1.99. The molecule has 0 aliphatic carbocycles. The highest BCUT2D eigenvalue weighted by atomic mass is 15.1. The van der Waals surface area contributed by atoms with Gasteiger partial charge in [0.15, 0.2) is 0 Å². The molecule has 0 aliphatic rings. The largest absolute Gasteiger partial charge is 0.382 e. The van der Waals surface area contributed by atoms with Gasteiger partial charge in [-0.2, -0.15) is 0 Å². The average Bonchev–Trinajstić information content (AvgIpc) is 2.32.